The van der Waals surface area contributed by atoms with Crippen LogP contribution in [0.5, 0.6) is 11.5 Å². The summed E-state index contributed by atoms with van der Waals surface area (Å²) in [6.45, 7) is 2.41. The zero-order valence-corrected chi connectivity index (χ0v) is 17.4. The maximum atomic E-state index is 12.5. The second kappa shape index (κ2) is 8.58. The van der Waals surface area contributed by atoms with E-state index in [1.807, 2.05) is 12.1 Å². The normalized spacial score (nSPS) is 14.0. The first-order valence-electron chi connectivity index (χ1n) is 9.38. The smallest absolute Gasteiger partial charge is 0.322 e. The Hall–Kier alpha value is -3.33. The molecule has 1 N–H and O–H groups in total. The number of hydrogen-bond donors (Lipinski definition) is 1. The molecule has 2 amide bonds. The van der Waals surface area contributed by atoms with Crippen molar-refractivity contribution in [2.75, 3.05) is 50.6 Å². The molecule has 9 nitrogen and oxygen atoms in total. The van der Waals surface area contributed by atoms with Crippen molar-refractivity contribution in [1.82, 2.24) is 19.9 Å². The van der Waals surface area contributed by atoms with E-state index in [4.69, 9.17) is 21.1 Å². The monoisotopic (exact) mass is 428 g/mol. The molecule has 2 aromatic heterocycles. The third-order valence-electron chi connectivity index (χ3n) is 4.96. The molecule has 0 saturated carbocycles. The highest BCUT2D eigenvalue weighted by Gasteiger charge is 2.24. The van der Waals surface area contributed by atoms with E-state index < -0.39 is 0 Å². The Morgan fingerprint density at radius 3 is 2.43 bits per heavy atom. The summed E-state index contributed by atoms with van der Waals surface area (Å²) in [5.41, 5.74) is 1.38. The molecule has 4 rings (SSSR count). The van der Waals surface area contributed by atoms with E-state index in [0.29, 0.717) is 48.5 Å². The molecule has 0 spiro atoms. The highest BCUT2D eigenvalue weighted by Crippen LogP contribution is 2.34. The number of pyridine rings is 1. The number of benzene rings is 1. The standard InChI is InChI=1S/C20H21ClN6O3/c1-29-16-9-14-15(10-17(16)30-2)23-12-24-19(14)26-5-7-27(8-6-26)20(28)25-13-3-4-18(21)22-11-13/h3-4,9-12H,5-8H2,1-2H3,(H,25,28). The fourth-order valence-corrected chi connectivity index (χ4v) is 3.51. The first-order chi connectivity index (χ1) is 14.6. The van der Waals surface area contributed by atoms with Crippen LogP contribution in [0.25, 0.3) is 10.9 Å². The molecular formula is C20H21ClN6O3. The molecule has 30 heavy (non-hydrogen) atoms. The van der Waals surface area contributed by atoms with E-state index in [1.54, 1.807) is 31.3 Å². The minimum atomic E-state index is -0.169. The molecule has 10 heteroatoms. The molecule has 1 fully saturated rings. The van der Waals surface area contributed by atoms with Crippen LogP contribution in [-0.4, -0.2) is 66.3 Å². The van der Waals surface area contributed by atoms with Crippen LogP contribution in [0.3, 0.4) is 0 Å². The van der Waals surface area contributed by atoms with Crippen LogP contribution in [0.4, 0.5) is 16.3 Å². The number of hydrogen-bond acceptors (Lipinski definition) is 7. The average molecular weight is 429 g/mol. The third-order valence-corrected chi connectivity index (χ3v) is 5.19. The molecule has 1 aliphatic heterocycles. The summed E-state index contributed by atoms with van der Waals surface area (Å²) >= 11 is 5.78. The van der Waals surface area contributed by atoms with E-state index in [9.17, 15) is 4.79 Å². The number of amides is 2. The van der Waals surface area contributed by atoms with Gasteiger partial charge in [-0.15, -0.1) is 0 Å². The number of carbonyl (C=O) groups is 1. The van der Waals surface area contributed by atoms with Crippen molar-refractivity contribution < 1.29 is 14.3 Å². The molecule has 0 bridgehead atoms. The lowest BCUT2D eigenvalue weighted by molar-refractivity contribution is 0.208. The Morgan fingerprint density at radius 1 is 1.03 bits per heavy atom. The van der Waals surface area contributed by atoms with Crippen molar-refractivity contribution in [3.8, 4) is 11.5 Å². The number of halogens is 1. The summed E-state index contributed by atoms with van der Waals surface area (Å²) in [7, 11) is 3.19. The summed E-state index contributed by atoms with van der Waals surface area (Å²) in [4.78, 5) is 29.3. The Kier molecular flexibility index (Phi) is 5.71. The first-order valence-corrected chi connectivity index (χ1v) is 9.76. The van der Waals surface area contributed by atoms with E-state index in [0.717, 1.165) is 16.7 Å². The van der Waals surface area contributed by atoms with Gasteiger partial charge < -0.3 is 24.6 Å². The summed E-state index contributed by atoms with van der Waals surface area (Å²) in [6, 6.07) is 6.91. The van der Waals surface area contributed by atoms with Crippen molar-refractivity contribution in [3.05, 3.63) is 41.9 Å². The van der Waals surface area contributed by atoms with Gasteiger partial charge in [-0.3, -0.25) is 0 Å². The summed E-state index contributed by atoms with van der Waals surface area (Å²) in [6.07, 6.45) is 3.07. The van der Waals surface area contributed by atoms with Crippen LogP contribution in [0.2, 0.25) is 5.15 Å². The second-order valence-corrected chi connectivity index (χ2v) is 7.08. The van der Waals surface area contributed by atoms with E-state index in [1.165, 1.54) is 12.5 Å². The van der Waals surface area contributed by atoms with Gasteiger partial charge in [0.25, 0.3) is 0 Å². The van der Waals surface area contributed by atoms with Crippen molar-refractivity contribution >= 4 is 40.0 Å². The van der Waals surface area contributed by atoms with Gasteiger partial charge in [0, 0.05) is 37.6 Å². The summed E-state index contributed by atoms with van der Waals surface area (Å²) in [5.74, 6) is 2.05. The molecule has 0 unspecified atom stereocenters. The summed E-state index contributed by atoms with van der Waals surface area (Å²) in [5, 5.41) is 4.10. The minimum absolute atomic E-state index is 0.169. The minimum Gasteiger partial charge on any atom is -0.493 e. The van der Waals surface area contributed by atoms with Crippen molar-refractivity contribution in [2.24, 2.45) is 0 Å². The van der Waals surface area contributed by atoms with Crippen LogP contribution in [0.1, 0.15) is 0 Å². The molecule has 1 saturated heterocycles. The van der Waals surface area contributed by atoms with Gasteiger partial charge in [-0.2, -0.15) is 0 Å². The lowest BCUT2D eigenvalue weighted by atomic mass is 10.2. The number of methoxy groups -OCH3 is 2. The Bertz CT molecular complexity index is 1050. The highest BCUT2D eigenvalue weighted by atomic mass is 35.5. The second-order valence-electron chi connectivity index (χ2n) is 6.70. The third kappa shape index (κ3) is 4.02. The number of carbonyl (C=O) groups excluding carboxylic acids is 1. The number of anilines is 2. The van der Waals surface area contributed by atoms with Crippen LogP contribution in [0.15, 0.2) is 36.8 Å². The van der Waals surface area contributed by atoms with Gasteiger partial charge in [-0.1, -0.05) is 11.6 Å². The number of aromatic nitrogens is 3. The van der Waals surface area contributed by atoms with Crippen molar-refractivity contribution in [1.29, 1.82) is 0 Å². The molecule has 3 heterocycles. The van der Waals surface area contributed by atoms with Gasteiger partial charge in [-0.25, -0.2) is 19.7 Å². The van der Waals surface area contributed by atoms with Crippen LogP contribution >= 0.6 is 11.6 Å². The first kappa shape index (κ1) is 20.0. The Labute approximate surface area is 178 Å². The van der Waals surface area contributed by atoms with Crippen molar-refractivity contribution in [2.45, 2.75) is 0 Å². The van der Waals surface area contributed by atoms with Crippen LogP contribution in [0, 0.1) is 0 Å². The predicted octanol–water partition coefficient (Wildman–Crippen LogP) is 3.05. The maximum Gasteiger partial charge on any atom is 0.322 e. The molecule has 1 aromatic carbocycles. The SMILES string of the molecule is COc1cc2ncnc(N3CCN(C(=O)Nc4ccc(Cl)nc4)CC3)c2cc1OC. The van der Waals surface area contributed by atoms with E-state index in [-0.39, 0.29) is 6.03 Å². The van der Waals surface area contributed by atoms with Gasteiger partial charge in [0.15, 0.2) is 11.5 Å². The predicted molar refractivity (Wildman–Crippen MR) is 115 cm³/mol. The van der Waals surface area contributed by atoms with Gasteiger partial charge in [0.05, 0.1) is 31.6 Å². The highest BCUT2D eigenvalue weighted by molar-refractivity contribution is 6.29. The molecule has 0 radical (unpaired) electrons. The molecule has 3 aromatic rings. The number of fused-ring (bicyclic) bond motifs is 1. The van der Waals surface area contributed by atoms with Crippen molar-refractivity contribution in [3.63, 3.8) is 0 Å². The van der Waals surface area contributed by atoms with Gasteiger partial charge in [0.1, 0.15) is 17.3 Å². The molecule has 0 aliphatic carbocycles. The lowest BCUT2D eigenvalue weighted by Gasteiger charge is -2.35. The number of nitrogens with one attached hydrogen (secondary N) is 1. The Morgan fingerprint density at radius 2 is 1.77 bits per heavy atom. The number of nitrogens with zero attached hydrogens (tertiary/aromatic N) is 5. The van der Waals surface area contributed by atoms with Gasteiger partial charge >= 0.3 is 6.03 Å². The number of ether oxygens (including phenoxy) is 2. The van der Waals surface area contributed by atoms with E-state index >= 15 is 0 Å². The van der Waals surface area contributed by atoms with E-state index in [2.05, 4.69) is 25.2 Å². The lowest BCUT2D eigenvalue weighted by Crippen LogP contribution is -2.50. The largest absolute Gasteiger partial charge is 0.493 e. The topological polar surface area (TPSA) is 92.7 Å². The van der Waals surface area contributed by atoms with Gasteiger partial charge in [0.2, 0.25) is 0 Å². The van der Waals surface area contributed by atoms with Crippen LogP contribution in [-0.2, 0) is 0 Å². The zero-order chi connectivity index (χ0) is 21.1. The molecule has 156 valence electrons. The molecular weight excluding hydrogens is 408 g/mol. The number of piperazine rings is 1. The number of rotatable bonds is 4. The zero-order valence-electron chi connectivity index (χ0n) is 16.6. The fraction of sp³-hybridized carbons (Fsp3) is 0.300. The quantitative estimate of drug-likeness (QED) is 0.638. The number of urea groups is 1. The Balaban J connectivity index is 1.48. The van der Waals surface area contributed by atoms with Gasteiger partial charge in [-0.05, 0) is 18.2 Å². The average Bonchev–Trinajstić information content (AvgIpc) is 2.79. The molecule has 1 aliphatic rings. The van der Waals surface area contributed by atoms with Crippen LogP contribution < -0.4 is 19.7 Å². The summed E-state index contributed by atoms with van der Waals surface area (Å²) < 4.78 is 10.8. The molecule has 0 atom stereocenters. The fourth-order valence-electron chi connectivity index (χ4n) is 3.40. The maximum absolute atomic E-state index is 12.5.